The first-order chi connectivity index (χ1) is 11.6. The molecule has 0 aliphatic carbocycles. The normalized spacial score (nSPS) is 12.5. The smallest absolute Gasteiger partial charge is 0.261 e. The van der Waals surface area contributed by atoms with Crippen molar-refractivity contribution in [3.63, 3.8) is 0 Å². The third-order valence-corrected chi connectivity index (χ3v) is 5.24. The molecule has 1 N–H and O–H groups in total. The number of benzene rings is 1. The Morgan fingerprint density at radius 2 is 1.92 bits per heavy atom. The highest BCUT2D eigenvalue weighted by molar-refractivity contribution is 7.92. The van der Waals surface area contributed by atoms with E-state index in [1.54, 1.807) is 19.1 Å². The molecule has 0 fully saturated rings. The van der Waals surface area contributed by atoms with Gasteiger partial charge in [-0.15, -0.1) is 0 Å². The number of hydrogen-bond donors (Lipinski definition) is 1. The van der Waals surface area contributed by atoms with Crippen LogP contribution < -0.4 is 4.72 Å². The summed E-state index contributed by atoms with van der Waals surface area (Å²) in [7, 11) is -4.24. The highest BCUT2D eigenvalue weighted by Gasteiger charge is 2.32. The molecule has 0 aliphatic rings. The highest BCUT2D eigenvalue weighted by Crippen LogP contribution is 2.34. The maximum atomic E-state index is 12.7. The number of aromatic nitrogens is 3. The second-order valence-corrected chi connectivity index (χ2v) is 7.19. The summed E-state index contributed by atoms with van der Waals surface area (Å²) in [6.45, 7) is 1.77. The summed E-state index contributed by atoms with van der Waals surface area (Å²) in [4.78, 5) is 3.39. The first kappa shape index (κ1) is 17.5. The maximum absolute atomic E-state index is 12.7. The first-order valence-corrected chi connectivity index (χ1v) is 8.64. The SMILES string of the molecule is Cc1ccc2c(NS(=O)(=O)c3ccc(C(F)(F)F)cc3Cl)ncnn12. The summed E-state index contributed by atoms with van der Waals surface area (Å²) in [5, 5.41) is 3.44. The minimum atomic E-state index is -4.62. The Morgan fingerprint density at radius 1 is 1.20 bits per heavy atom. The van der Waals surface area contributed by atoms with Gasteiger partial charge in [0.2, 0.25) is 0 Å². The van der Waals surface area contributed by atoms with Gasteiger partial charge in [-0.1, -0.05) is 11.6 Å². The van der Waals surface area contributed by atoms with Crippen molar-refractivity contribution in [2.75, 3.05) is 4.72 Å². The second-order valence-electron chi connectivity index (χ2n) is 5.13. The van der Waals surface area contributed by atoms with Gasteiger partial charge in [-0.2, -0.15) is 18.3 Å². The second kappa shape index (κ2) is 5.88. The van der Waals surface area contributed by atoms with Gasteiger partial charge in [-0.05, 0) is 37.3 Å². The lowest BCUT2D eigenvalue weighted by atomic mass is 10.2. The lowest BCUT2D eigenvalue weighted by molar-refractivity contribution is -0.137. The summed E-state index contributed by atoms with van der Waals surface area (Å²) in [5.41, 5.74) is 0.111. The molecule has 0 unspecified atom stereocenters. The van der Waals surface area contributed by atoms with Gasteiger partial charge in [-0.3, -0.25) is 4.72 Å². The number of fused-ring (bicyclic) bond motifs is 1. The number of halogens is 4. The lowest BCUT2D eigenvalue weighted by Crippen LogP contribution is -2.16. The van der Waals surface area contributed by atoms with Crippen LogP contribution in [0.2, 0.25) is 5.02 Å². The molecule has 3 aromatic rings. The van der Waals surface area contributed by atoms with Crippen LogP contribution in [0, 0.1) is 6.92 Å². The van der Waals surface area contributed by atoms with Crippen LogP contribution in [0.4, 0.5) is 19.0 Å². The van der Waals surface area contributed by atoms with E-state index in [4.69, 9.17) is 11.6 Å². The molecule has 0 aliphatic heterocycles. The number of nitrogens with zero attached hydrogens (tertiary/aromatic N) is 3. The summed E-state index contributed by atoms with van der Waals surface area (Å²) in [6.07, 6.45) is -3.46. The number of aryl methyl sites for hydroxylation is 1. The predicted molar refractivity (Wildman–Crippen MR) is 85.0 cm³/mol. The van der Waals surface area contributed by atoms with Crippen LogP contribution >= 0.6 is 11.6 Å². The molecule has 0 spiro atoms. The Labute approximate surface area is 145 Å². The molecule has 0 saturated carbocycles. The van der Waals surface area contributed by atoms with E-state index in [0.717, 1.165) is 18.1 Å². The van der Waals surface area contributed by atoms with Crippen molar-refractivity contribution in [2.45, 2.75) is 18.0 Å². The zero-order chi connectivity index (χ0) is 18.4. The maximum Gasteiger partial charge on any atom is 0.416 e. The number of anilines is 1. The Bertz CT molecular complexity index is 1060. The van der Waals surface area contributed by atoms with E-state index in [2.05, 4.69) is 14.8 Å². The van der Waals surface area contributed by atoms with Crippen molar-refractivity contribution in [1.29, 1.82) is 0 Å². The summed E-state index contributed by atoms with van der Waals surface area (Å²) in [6, 6.07) is 5.34. The largest absolute Gasteiger partial charge is 0.416 e. The van der Waals surface area contributed by atoms with E-state index in [-0.39, 0.29) is 5.82 Å². The zero-order valence-corrected chi connectivity index (χ0v) is 14.1. The summed E-state index contributed by atoms with van der Waals surface area (Å²) < 4.78 is 66.7. The molecule has 0 saturated heterocycles. The van der Waals surface area contributed by atoms with Gasteiger partial charge >= 0.3 is 6.18 Å². The van der Waals surface area contributed by atoms with E-state index in [9.17, 15) is 21.6 Å². The van der Waals surface area contributed by atoms with Gasteiger partial charge in [0.05, 0.1) is 10.6 Å². The first-order valence-electron chi connectivity index (χ1n) is 6.78. The molecule has 6 nitrogen and oxygen atoms in total. The molecule has 11 heteroatoms. The van der Waals surface area contributed by atoms with Crippen molar-refractivity contribution >= 4 is 33.0 Å². The third-order valence-electron chi connectivity index (χ3n) is 3.42. The molecular formula is C14H10ClF3N4O2S. The molecule has 132 valence electrons. The van der Waals surface area contributed by atoms with Gasteiger partial charge in [-0.25, -0.2) is 17.9 Å². The Balaban J connectivity index is 2.02. The van der Waals surface area contributed by atoms with Crippen LogP contribution in [0.3, 0.4) is 0 Å². The fourth-order valence-electron chi connectivity index (χ4n) is 2.22. The van der Waals surface area contributed by atoms with E-state index < -0.39 is 31.7 Å². The van der Waals surface area contributed by atoms with Gasteiger partial charge in [0, 0.05) is 5.69 Å². The highest BCUT2D eigenvalue weighted by atomic mass is 35.5. The van der Waals surface area contributed by atoms with Gasteiger partial charge < -0.3 is 0 Å². The quantitative estimate of drug-likeness (QED) is 0.742. The number of rotatable bonds is 3. The van der Waals surface area contributed by atoms with Crippen LogP contribution in [0.15, 0.2) is 41.6 Å². The van der Waals surface area contributed by atoms with Crippen LogP contribution in [-0.4, -0.2) is 23.0 Å². The van der Waals surface area contributed by atoms with Crippen LogP contribution in [0.25, 0.3) is 5.52 Å². The summed E-state index contributed by atoms with van der Waals surface area (Å²) >= 11 is 5.75. The van der Waals surface area contributed by atoms with Crippen molar-refractivity contribution in [1.82, 2.24) is 14.6 Å². The van der Waals surface area contributed by atoms with Gasteiger partial charge in [0.1, 0.15) is 16.7 Å². The number of alkyl halides is 3. The molecule has 0 amide bonds. The molecular weight excluding hydrogens is 381 g/mol. The van der Waals surface area contributed by atoms with Crippen molar-refractivity contribution in [3.8, 4) is 0 Å². The van der Waals surface area contributed by atoms with Crippen LogP contribution in [0.1, 0.15) is 11.3 Å². The third kappa shape index (κ3) is 3.27. The topological polar surface area (TPSA) is 76.4 Å². The summed E-state index contributed by atoms with van der Waals surface area (Å²) in [5.74, 6) is -0.0148. The van der Waals surface area contributed by atoms with Crippen molar-refractivity contribution in [3.05, 3.63) is 52.9 Å². The van der Waals surface area contributed by atoms with Crippen LogP contribution in [0.5, 0.6) is 0 Å². The van der Waals surface area contributed by atoms with Crippen LogP contribution in [-0.2, 0) is 16.2 Å². The molecule has 0 atom stereocenters. The average Bonchev–Trinajstić information content (AvgIpc) is 2.88. The lowest BCUT2D eigenvalue weighted by Gasteiger charge is -2.12. The molecule has 1 aromatic carbocycles. The average molecular weight is 391 g/mol. The number of nitrogens with one attached hydrogen (secondary N) is 1. The Hall–Kier alpha value is -2.33. The monoisotopic (exact) mass is 390 g/mol. The molecule has 0 radical (unpaired) electrons. The molecule has 0 bridgehead atoms. The van der Waals surface area contributed by atoms with Crippen molar-refractivity contribution in [2.24, 2.45) is 0 Å². The van der Waals surface area contributed by atoms with Crippen molar-refractivity contribution < 1.29 is 21.6 Å². The van der Waals surface area contributed by atoms with E-state index in [1.807, 2.05) is 0 Å². The molecule has 25 heavy (non-hydrogen) atoms. The van der Waals surface area contributed by atoms with Gasteiger partial charge in [0.15, 0.2) is 5.82 Å². The molecule has 3 rings (SSSR count). The number of sulfonamides is 1. The zero-order valence-electron chi connectivity index (χ0n) is 12.5. The fourth-order valence-corrected chi connectivity index (χ4v) is 3.79. The minimum absolute atomic E-state index is 0.0148. The van der Waals surface area contributed by atoms with Gasteiger partial charge in [0.25, 0.3) is 10.0 Å². The number of hydrogen-bond acceptors (Lipinski definition) is 4. The van der Waals surface area contributed by atoms with E-state index >= 15 is 0 Å². The van der Waals surface area contributed by atoms with E-state index in [0.29, 0.717) is 17.6 Å². The molecule has 2 heterocycles. The Morgan fingerprint density at radius 3 is 2.56 bits per heavy atom. The van der Waals surface area contributed by atoms with E-state index in [1.165, 1.54) is 4.52 Å². The predicted octanol–water partition coefficient (Wildman–Crippen LogP) is 3.51. The minimum Gasteiger partial charge on any atom is -0.261 e. The Kier molecular flexibility index (Phi) is 4.12. The molecule has 2 aromatic heterocycles. The fraction of sp³-hybridized carbons (Fsp3) is 0.143. The standard InChI is InChI=1S/C14H10ClF3N4O2S/c1-8-2-4-11-13(19-7-20-22(8)11)21-25(23,24)12-5-3-9(6-10(12)15)14(16,17)18/h2-7H,1H3,(H,19,20,21).